The summed E-state index contributed by atoms with van der Waals surface area (Å²) >= 11 is 0. The molecule has 30 heteroatoms. The van der Waals surface area contributed by atoms with Crippen LogP contribution in [0.25, 0.3) is 61.0 Å². The molecule has 123 heavy (non-hydrogen) atoms. The minimum absolute atomic E-state index is 0. The van der Waals surface area contributed by atoms with Crippen LogP contribution < -0.4 is 0 Å². The van der Waals surface area contributed by atoms with E-state index in [0.717, 1.165) is 63.6 Å². The van der Waals surface area contributed by atoms with Crippen molar-refractivity contribution in [3.05, 3.63) is 305 Å². The fraction of sp³-hybridized carbons (Fsp3) is 0.333. The average molecular weight is 2270 g/mol. The molecule has 0 aliphatic carbocycles. The van der Waals surface area contributed by atoms with E-state index in [1.165, 1.54) is 64.7 Å². The zero-order valence-electron chi connectivity index (χ0n) is 71.0. The molecule has 0 fully saturated rings. The molecule has 13 aromatic rings. The van der Waals surface area contributed by atoms with Gasteiger partial charge in [-0.05, 0) is 144 Å². The molecule has 3 atom stereocenters. The average Bonchev–Trinajstić information content (AvgIpc) is 1.51. The second kappa shape index (κ2) is 48.7. The Labute approximate surface area is 764 Å². The number of carboxylic acids is 1. The van der Waals surface area contributed by atoms with Gasteiger partial charge in [-0.1, -0.05) is 174 Å². The van der Waals surface area contributed by atoms with E-state index in [-0.39, 0.29) is 133 Å². The summed E-state index contributed by atoms with van der Waals surface area (Å²) in [6, 6.07) is 46.8. The molecule has 16 nitrogen and oxygen atoms in total. The molecule has 0 amide bonds. The molecule has 0 saturated carbocycles. The molecule has 0 aliphatic rings. The van der Waals surface area contributed by atoms with Crippen LogP contribution in [0.2, 0.25) is 0 Å². The number of rotatable bonds is 16. The van der Waals surface area contributed by atoms with E-state index in [4.69, 9.17) is 16.8 Å². The van der Waals surface area contributed by atoms with Crippen molar-refractivity contribution in [2.45, 2.75) is 173 Å². The number of halogens is 10. The van der Waals surface area contributed by atoms with Crippen LogP contribution in [-0.2, 0) is 110 Å². The van der Waals surface area contributed by atoms with Crippen molar-refractivity contribution >= 4 is 22.6 Å². The monoisotopic (exact) mass is 2270 g/mol. The number of fused-ring (bicyclic) bond motifs is 1. The predicted octanol–water partition coefficient (Wildman–Crippen LogP) is 23.1. The van der Waals surface area contributed by atoms with E-state index < -0.39 is 64.9 Å². The van der Waals surface area contributed by atoms with E-state index in [2.05, 4.69) is 149 Å². The van der Waals surface area contributed by atoms with Crippen molar-refractivity contribution in [3.8, 4) is 45.3 Å². The van der Waals surface area contributed by atoms with Crippen molar-refractivity contribution in [3.63, 3.8) is 0 Å². The van der Waals surface area contributed by atoms with Crippen LogP contribution in [0.4, 0.5) is 49.6 Å². The van der Waals surface area contributed by atoms with Crippen LogP contribution >= 0.6 is 0 Å². The van der Waals surface area contributed by atoms with Crippen LogP contribution in [0.1, 0.15) is 173 Å². The number of carboxylic acid groups (broad SMARTS) is 1. The Morgan fingerprint density at radius 3 is 1.69 bits per heavy atom. The summed E-state index contributed by atoms with van der Waals surface area (Å²) in [5.41, 5.74) is 4.24. The van der Waals surface area contributed by atoms with E-state index in [9.17, 15) is 48.7 Å². The number of nitrogens with zero attached hydrogens (tertiary/aromatic N) is 13. The van der Waals surface area contributed by atoms with Crippen LogP contribution in [0, 0.1) is 107 Å². The van der Waals surface area contributed by atoms with Gasteiger partial charge in [-0.25, -0.2) is 14.9 Å². The van der Waals surface area contributed by atoms with E-state index >= 15 is 0 Å². The van der Waals surface area contributed by atoms with Gasteiger partial charge in [0.1, 0.15) is 5.82 Å². The Bertz CT molecular complexity index is 5420. The number of aryl methyl sites for hydroxylation is 2. The maximum atomic E-state index is 14.4. The Balaban J connectivity index is 0.000000372. The maximum absolute atomic E-state index is 14.4. The van der Waals surface area contributed by atoms with Gasteiger partial charge < -0.3 is 34.4 Å². The van der Waals surface area contributed by atoms with Crippen LogP contribution in [-0.4, -0.2) is 86.8 Å². The fourth-order valence-corrected chi connectivity index (χ4v) is 11.6. The molecule has 8 aromatic heterocycles. The van der Waals surface area contributed by atoms with Gasteiger partial charge in [0.05, 0.1) is 18.9 Å². The van der Waals surface area contributed by atoms with E-state index in [1.54, 1.807) is 90.6 Å². The van der Waals surface area contributed by atoms with Gasteiger partial charge in [-0.3, -0.25) is 49.9 Å². The Morgan fingerprint density at radius 1 is 0.593 bits per heavy atom. The third kappa shape index (κ3) is 32.8. The second-order valence-corrected chi connectivity index (χ2v) is 32.5. The van der Waals surface area contributed by atoms with Crippen molar-refractivity contribution in [2.75, 3.05) is 0 Å². The SMILES string of the molecule is CC(C)(C)Cc1c(F)c[c-]c(-c2ccccn2)c1F.CC(C)(C)Cc1c(F)c[c-]c(-n2cccn2)c1F.CC(C)(C)Cc1ccnc(-c2[c-]cc(F)cc2)c1.CC(C)C(C)c1ccnc(-n2[c-]c3ccccc3n2)c1.CC(O)(Cn1cccn1)C(F)(F)F.Cc1nc(C(=O)O)cn1C.[C-]#[N+]c1c(F)c[c-]c(-c2cc(C(C)CCC)ccn2)c1F.[Co].[Ir].[Ir].[Ir]. The van der Waals surface area contributed by atoms with Crippen molar-refractivity contribution < 1.29 is 136 Å². The molecule has 0 spiro atoms. The summed E-state index contributed by atoms with van der Waals surface area (Å²) in [5, 5.41) is 30.5. The number of carbonyl (C=O) groups is 1. The first-order valence-electron chi connectivity index (χ1n) is 38.3. The first-order valence-corrected chi connectivity index (χ1v) is 38.3. The number of hydrogen-bond acceptors (Lipinski definition) is 10. The fourth-order valence-electron chi connectivity index (χ4n) is 11.6. The largest absolute Gasteiger partial charge is 0.476 e. The molecule has 664 valence electrons. The van der Waals surface area contributed by atoms with Gasteiger partial charge in [-0.15, -0.1) is 83.2 Å². The molecular formula is C93H98CoF10Ir3N13O3-5. The second-order valence-electron chi connectivity index (χ2n) is 32.5. The van der Waals surface area contributed by atoms with Crippen molar-refractivity contribution in [1.82, 2.24) is 58.8 Å². The molecule has 8 heterocycles. The molecule has 5 aromatic carbocycles. The van der Waals surface area contributed by atoms with Crippen LogP contribution in [0.5, 0.6) is 0 Å². The van der Waals surface area contributed by atoms with Gasteiger partial charge in [0.25, 0.3) is 0 Å². The van der Waals surface area contributed by atoms with Gasteiger partial charge >= 0.3 is 12.1 Å². The smallest absolute Gasteiger partial charge is 0.418 e. The Kier molecular flexibility index (Phi) is 42.6. The predicted molar refractivity (Wildman–Crippen MR) is 441 cm³/mol. The third-order valence-electron chi connectivity index (χ3n) is 18.1. The quantitative estimate of drug-likeness (QED) is 0.0693. The number of aromatic nitrogens is 12. The summed E-state index contributed by atoms with van der Waals surface area (Å²) in [6.45, 7) is 37.9. The minimum Gasteiger partial charge on any atom is -0.476 e. The van der Waals surface area contributed by atoms with Gasteiger partial charge in [0.15, 0.2) is 17.0 Å². The van der Waals surface area contributed by atoms with Gasteiger partial charge in [0, 0.05) is 186 Å². The molecule has 0 saturated heterocycles. The normalized spacial score (nSPS) is 12.0. The number of pyridine rings is 4. The molecule has 0 bridgehead atoms. The van der Waals surface area contributed by atoms with E-state index in [0.29, 0.717) is 54.7 Å². The zero-order valence-corrected chi connectivity index (χ0v) is 79.3. The maximum Gasteiger partial charge on any atom is 0.418 e. The van der Waals surface area contributed by atoms with Gasteiger partial charge in [0.2, 0.25) is 0 Å². The van der Waals surface area contributed by atoms with Gasteiger partial charge in [-0.2, -0.15) is 29.4 Å². The number of imidazole rings is 1. The molecule has 4 radical (unpaired) electrons. The van der Waals surface area contributed by atoms with Crippen molar-refractivity contribution in [2.24, 2.45) is 29.2 Å². The molecule has 3 unspecified atom stereocenters. The summed E-state index contributed by atoms with van der Waals surface area (Å²) in [5.74, 6) is -2.35. The first kappa shape index (κ1) is 108. The molecule has 0 aliphatic heterocycles. The number of aromatic carboxylic acids is 1. The molecule has 13 rings (SSSR count). The van der Waals surface area contributed by atoms with E-state index in [1.807, 2.05) is 84.1 Å². The summed E-state index contributed by atoms with van der Waals surface area (Å²) in [4.78, 5) is 33.9. The Hall–Kier alpha value is -9.53. The van der Waals surface area contributed by atoms with Crippen molar-refractivity contribution in [1.29, 1.82) is 0 Å². The summed E-state index contributed by atoms with van der Waals surface area (Å²) in [6.07, 6.45) is 16.5. The third-order valence-corrected chi connectivity index (χ3v) is 18.1. The summed E-state index contributed by atoms with van der Waals surface area (Å²) < 4.78 is 139. The topological polar surface area (TPSA) is 185 Å². The molecule has 2 N–H and O–H groups in total. The number of alkyl halides is 3. The number of aliphatic hydroxyl groups is 1. The Morgan fingerprint density at radius 2 is 1.16 bits per heavy atom. The number of hydrogen-bond donors (Lipinski definition) is 2. The molecular weight excluding hydrogens is 2170 g/mol. The van der Waals surface area contributed by atoms with Crippen LogP contribution in [0.3, 0.4) is 0 Å². The summed E-state index contributed by atoms with van der Waals surface area (Å²) in [7, 11) is 1.76. The van der Waals surface area contributed by atoms with Crippen LogP contribution in [0.15, 0.2) is 183 Å². The number of benzene rings is 5. The standard InChI is InChI=1S/C17H15F2N2.C17H18N3.C16H16F2N.C16H17FN.C14H15F2N2.C7H9F3N2O.C6H8N2O2.Co.3Ir/c1-4-5-11(2)12-8-9-21-15(10-12)13-6-7-14(18)17(20-3)16(13)19;1-12(2)13(3)14-8-9-18-17(10-14)20-11-15-6-4-5-7-16(15)19-20;1-16(2,3)10-12-13(17)8-7-11(15(12)18)14-6-4-5-9-19-14;1-16(2,3)11-12-8-9-18-15(10-12)13-4-6-14(17)7-5-13;1-14(2,3)9-10-11(15)5-6-12(13(10)16)18-8-4-7-17-18;1-6(13,7(8,9)10)5-12-4-2-3-11-12;1-4-7-5(6(9)10)3-8(4)2;;;;/h7-11H,4-5H2,1-2H3;4-10,12-13H,1-3H3;4-6,8-9H,10H2,1-3H3;4,6-10H,11H2,1-3H3;4-5,7-8H,9H2,1-3H3;2-4,13H,5H2,1H3;3H,1-2H3,(H,9,10);;;;/q5*-1;;;;;;. The first-order chi connectivity index (χ1) is 55.9. The zero-order chi connectivity index (χ0) is 87.9. The minimum atomic E-state index is -4.64.